The molecule has 1 amide bonds. The van der Waals surface area contributed by atoms with Crippen molar-refractivity contribution < 1.29 is 4.79 Å². The summed E-state index contributed by atoms with van der Waals surface area (Å²) in [6, 6.07) is -0.0987. The second kappa shape index (κ2) is 6.70. The van der Waals surface area contributed by atoms with E-state index < -0.39 is 0 Å². The van der Waals surface area contributed by atoms with Gasteiger partial charge in [-0.25, -0.2) is 4.98 Å². The highest BCUT2D eigenvalue weighted by molar-refractivity contribution is 5.81. The fourth-order valence-corrected chi connectivity index (χ4v) is 2.51. The molecule has 106 valence electrons. The van der Waals surface area contributed by atoms with Crippen LogP contribution in [-0.4, -0.2) is 46.0 Å². The highest BCUT2D eigenvalue weighted by Gasteiger charge is 2.21. The summed E-state index contributed by atoms with van der Waals surface area (Å²) in [6.07, 6.45) is 8.14. The fraction of sp³-hybridized carbons (Fsp3) is 0.714. The van der Waals surface area contributed by atoms with Crippen LogP contribution in [0.4, 0.5) is 0 Å². The number of hydrogen-bond donors (Lipinski definition) is 1. The van der Waals surface area contributed by atoms with Gasteiger partial charge in [-0.2, -0.15) is 0 Å². The van der Waals surface area contributed by atoms with Gasteiger partial charge in [0.25, 0.3) is 0 Å². The van der Waals surface area contributed by atoms with Crippen molar-refractivity contribution in [2.75, 3.05) is 19.6 Å². The van der Waals surface area contributed by atoms with Crippen molar-refractivity contribution in [1.82, 2.24) is 19.8 Å². The van der Waals surface area contributed by atoms with Crippen molar-refractivity contribution in [3.8, 4) is 0 Å². The van der Waals surface area contributed by atoms with Crippen LogP contribution in [0, 0.1) is 0 Å². The van der Waals surface area contributed by atoms with Gasteiger partial charge in [0.05, 0.1) is 6.04 Å². The summed E-state index contributed by atoms with van der Waals surface area (Å²) in [5.74, 6) is 1.28. The number of nitrogens with zero attached hydrogens (tertiary/aromatic N) is 3. The zero-order valence-corrected chi connectivity index (χ0v) is 11.9. The van der Waals surface area contributed by atoms with Gasteiger partial charge in [-0.3, -0.25) is 4.79 Å². The molecular formula is C14H24N4O. The monoisotopic (exact) mass is 264 g/mol. The molecule has 1 aliphatic rings. The van der Waals surface area contributed by atoms with Gasteiger partial charge >= 0.3 is 0 Å². The highest BCUT2D eigenvalue weighted by Crippen LogP contribution is 2.09. The minimum Gasteiger partial charge on any atom is -0.341 e. The van der Waals surface area contributed by atoms with Crippen molar-refractivity contribution in [2.24, 2.45) is 7.05 Å². The van der Waals surface area contributed by atoms with E-state index in [-0.39, 0.29) is 11.9 Å². The second-order valence-corrected chi connectivity index (χ2v) is 5.27. The lowest BCUT2D eigenvalue weighted by Gasteiger charge is -2.29. The summed E-state index contributed by atoms with van der Waals surface area (Å²) in [6.45, 7) is 4.58. The first-order valence-electron chi connectivity index (χ1n) is 7.17. The number of rotatable bonds is 5. The van der Waals surface area contributed by atoms with Gasteiger partial charge in [0.15, 0.2) is 0 Å². The zero-order valence-electron chi connectivity index (χ0n) is 11.9. The molecular weight excluding hydrogens is 240 g/mol. The average Bonchev–Trinajstić information content (AvgIpc) is 2.84. The van der Waals surface area contributed by atoms with Crippen molar-refractivity contribution >= 4 is 5.91 Å². The molecule has 2 heterocycles. The van der Waals surface area contributed by atoms with Crippen LogP contribution >= 0.6 is 0 Å². The standard InChI is InChI=1S/C14H24N4O/c1-12(14(19)18-9-4-3-5-10-18)15-7-6-13-16-8-11-17(13)2/h8,11-12,15H,3-7,9-10H2,1-2H3. The molecule has 2 rings (SSSR count). The predicted octanol–water partition coefficient (Wildman–Crippen LogP) is 0.953. The van der Waals surface area contributed by atoms with E-state index in [1.807, 2.05) is 29.6 Å². The van der Waals surface area contributed by atoms with Gasteiger partial charge < -0.3 is 14.8 Å². The van der Waals surface area contributed by atoms with E-state index in [1.165, 1.54) is 6.42 Å². The first-order valence-corrected chi connectivity index (χ1v) is 7.17. The first kappa shape index (κ1) is 14.1. The molecule has 1 aromatic heterocycles. The van der Waals surface area contributed by atoms with Crippen LogP contribution in [-0.2, 0) is 18.3 Å². The average molecular weight is 264 g/mol. The largest absolute Gasteiger partial charge is 0.341 e. The molecule has 1 aromatic rings. The highest BCUT2D eigenvalue weighted by atomic mass is 16.2. The Morgan fingerprint density at radius 1 is 1.42 bits per heavy atom. The lowest BCUT2D eigenvalue weighted by atomic mass is 10.1. The van der Waals surface area contributed by atoms with E-state index in [2.05, 4.69) is 10.3 Å². The molecule has 0 aliphatic carbocycles. The van der Waals surface area contributed by atoms with Crippen LogP contribution in [0.1, 0.15) is 32.0 Å². The van der Waals surface area contributed by atoms with E-state index in [4.69, 9.17) is 0 Å². The minimum atomic E-state index is -0.0987. The molecule has 19 heavy (non-hydrogen) atoms. The summed E-state index contributed by atoms with van der Waals surface area (Å²) in [5.41, 5.74) is 0. The van der Waals surface area contributed by atoms with E-state index in [9.17, 15) is 4.79 Å². The van der Waals surface area contributed by atoms with Gasteiger partial charge in [0, 0.05) is 45.5 Å². The Hall–Kier alpha value is -1.36. The van der Waals surface area contributed by atoms with E-state index >= 15 is 0 Å². The number of piperidine rings is 1. The van der Waals surface area contributed by atoms with Crippen molar-refractivity contribution in [1.29, 1.82) is 0 Å². The number of carbonyl (C=O) groups is 1. The topological polar surface area (TPSA) is 50.2 Å². The van der Waals surface area contributed by atoms with E-state index in [0.29, 0.717) is 0 Å². The number of carbonyl (C=O) groups excluding carboxylic acids is 1. The summed E-state index contributed by atoms with van der Waals surface area (Å²) >= 11 is 0. The molecule has 0 bridgehead atoms. The summed E-state index contributed by atoms with van der Waals surface area (Å²) < 4.78 is 2.01. The van der Waals surface area contributed by atoms with Crippen LogP contribution in [0.15, 0.2) is 12.4 Å². The van der Waals surface area contributed by atoms with Gasteiger partial charge in [-0.15, -0.1) is 0 Å². The van der Waals surface area contributed by atoms with Gasteiger partial charge in [-0.05, 0) is 26.2 Å². The normalized spacial score (nSPS) is 17.5. The molecule has 0 aromatic carbocycles. The minimum absolute atomic E-state index is 0.0987. The third-order valence-corrected chi connectivity index (χ3v) is 3.76. The fourth-order valence-electron chi connectivity index (χ4n) is 2.51. The Balaban J connectivity index is 1.73. The number of amides is 1. The molecule has 0 saturated carbocycles. The lowest BCUT2D eigenvalue weighted by Crippen LogP contribution is -2.47. The van der Waals surface area contributed by atoms with Gasteiger partial charge in [0.1, 0.15) is 5.82 Å². The number of aryl methyl sites for hydroxylation is 1. The maximum Gasteiger partial charge on any atom is 0.239 e. The molecule has 1 atom stereocenters. The number of likely N-dealkylation sites (tertiary alicyclic amines) is 1. The van der Waals surface area contributed by atoms with Crippen molar-refractivity contribution in [3.63, 3.8) is 0 Å². The summed E-state index contributed by atoms with van der Waals surface area (Å²) in [4.78, 5) is 18.5. The molecule has 5 heteroatoms. The van der Waals surface area contributed by atoms with Crippen LogP contribution in [0.25, 0.3) is 0 Å². The summed E-state index contributed by atoms with van der Waals surface area (Å²) in [5, 5.41) is 3.30. The molecule has 1 saturated heterocycles. The maximum atomic E-state index is 12.2. The van der Waals surface area contributed by atoms with Crippen LogP contribution in [0.5, 0.6) is 0 Å². The molecule has 1 aliphatic heterocycles. The Kier molecular flexibility index (Phi) is 4.96. The van der Waals surface area contributed by atoms with E-state index in [1.54, 1.807) is 6.20 Å². The van der Waals surface area contributed by atoms with Crippen molar-refractivity contribution in [2.45, 2.75) is 38.6 Å². The molecule has 1 N–H and O–H groups in total. The number of aromatic nitrogens is 2. The van der Waals surface area contributed by atoms with Crippen LogP contribution in [0.3, 0.4) is 0 Å². The molecule has 5 nitrogen and oxygen atoms in total. The Labute approximate surface area is 115 Å². The number of hydrogen-bond acceptors (Lipinski definition) is 3. The maximum absolute atomic E-state index is 12.2. The van der Waals surface area contributed by atoms with Crippen molar-refractivity contribution in [3.05, 3.63) is 18.2 Å². The molecule has 1 unspecified atom stereocenters. The second-order valence-electron chi connectivity index (χ2n) is 5.27. The third kappa shape index (κ3) is 3.80. The first-order chi connectivity index (χ1) is 9.18. The van der Waals surface area contributed by atoms with Gasteiger partial charge in [0.2, 0.25) is 5.91 Å². The SMILES string of the molecule is CC(NCCc1nccn1C)C(=O)N1CCCCC1. The Morgan fingerprint density at radius 2 is 2.16 bits per heavy atom. The smallest absolute Gasteiger partial charge is 0.239 e. The third-order valence-electron chi connectivity index (χ3n) is 3.76. The Bertz CT molecular complexity index is 409. The number of imidazole rings is 1. The molecule has 0 spiro atoms. The quantitative estimate of drug-likeness (QED) is 0.861. The Morgan fingerprint density at radius 3 is 2.79 bits per heavy atom. The van der Waals surface area contributed by atoms with Crippen LogP contribution < -0.4 is 5.32 Å². The predicted molar refractivity (Wildman–Crippen MR) is 74.8 cm³/mol. The molecule has 1 fully saturated rings. The zero-order chi connectivity index (χ0) is 13.7. The summed E-state index contributed by atoms with van der Waals surface area (Å²) in [7, 11) is 1.99. The molecule has 0 radical (unpaired) electrons. The van der Waals surface area contributed by atoms with Crippen LogP contribution in [0.2, 0.25) is 0 Å². The lowest BCUT2D eigenvalue weighted by molar-refractivity contribution is -0.133. The van der Waals surface area contributed by atoms with Gasteiger partial charge in [-0.1, -0.05) is 0 Å². The van der Waals surface area contributed by atoms with E-state index in [0.717, 1.165) is 44.7 Å². The number of nitrogens with one attached hydrogen (secondary N) is 1.